The minimum atomic E-state index is -1.20. The van der Waals surface area contributed by atoms with Crippen LogP contribution in [0.25, 0.3) is 11.1 Å². The molecule has 0 radical (unpaired) electrons. The Hall–Kier alpha value is -1.92. The summed E-state index contributed by atoms with van der Waals surface area (Å²) >= 11 is 0. The highest BCUT2D eigenvalue weighted by molar-refractivity contribution is 5.66. The smallest absolute Gasteiger partial charge is 0.167 e. The van der Waals surface area contributed by atoms with E-state index in [9.17, 15) is 17.6 Å². The lowest BCUT2D eigenvalue weighted by molar-refractivity contribution is 0.201. The van der Waals surface area contributed by atoms with Gasteiger partial charge in [0, 0.05) is 25.3 Å². The van der Waals surface area contributed by atoms with Crippen LogP contribution in [0.2, 0.25) is 0 Å². The number of halogens is 4. The first-order chi connectivity index (χ1) is 11.5. The van der Waals surface area contributed by atoms with E-state index in [-0.39, 0.29) is 48.3 Å². The van der Waals surface area contributed by atoms with Crippen molar-refractivity contribution in [2.45, 2.75) is 12.8 Å². The fourth-order valence-electron chi connectivity index (χ4n) is 2.41. The van der Waals surface area contributed by atoms with E-state index in [2.05, 4.69) is 0 Å². The van der Waals surface area contributed by atoms with Crippen LogP contribution in [-0.4, -0.2) is 27.4 Å². The summed E-state index contributed by atoms with van der Waals surface area (Å²) in [6.45, 7) is 0.458. The van der Waals surface area contributed by atoms with Crippen molar-refractivity contribution in [1.29, 1.82) is 0 Å². The van der Waals surface area contributed by atoms with Crippen molar-refractivity contribution in [3.8, 4) is 11.1 Å². The summed E-state index contributed by atoms with van der Waals surface area (Å²) in [5.41, 5.74) is -0.391. The fourth-order valence-corrected chi connectivity index (χ4v) is 2.41. The van der Waals surface area contributed by atoms with E-state index in [4.69, 9.17) is 9.47 Å². The van der Waals surface area contributed by atoms with Crippen molar-refractivity contribution in [1.82, 2.24) is 0 Å². The fraction of sp³-hybridized carbons (Fsp3) is 0.333. The molecule has 0 spiro atoms. The van der Waals surface area contributed by atoms with Crippen LogP contribution >= 0.6 is 0 Å². The van der Waals surface area contributed by atoms with Gasteiger partial charge in [-0.2, -0.15) is 0 Å². The second-order valence-corrected chi connectivity index (χ2v) is 5.29. The maximum Gasteiger partial charge on any atom is 0.167 e. The molecule has 0 aliphatic rings. The predicted molar refractivity (Wildman–Crippen MR) is 82.9 cm³/mol. The number of ether oxygens (including phenoxy) is 2. The third-order valence-electron chi connectivity index (χ3n) is 3.77. The van der Waals surface area contributed by atoms with Gasteiger partial charge in [-0.15, -0.1) is 0 Å². The summed E-state index contributed by atoms with van der Waals surface area (Å²) in [6.07, 6.45) is 0.374. The molecule has 0 unspecified atom stereocenters. The van der Waals surface area contributed by atoms with E-state index in [0.29, 0.717) is 0 Å². The van der Waals surface area contributed by atoms with Crippen LogP contribution in [-0.2, 0) is 22.3 Å². The Morgan fingerprint density at radius 3 is 1.33 bits per heavy atom. The predicted octanol–water partition coefficient (Wildman–Crippen LogP) is 4.29. The molecule has 0 bridgehead atoms. The van der Waals surface area contributed by atoms with Gasteiger partial charge in [-0.25, -0.2) is 17.6 Å². The van der Waals surface area contributed by atoms with Gasteiger partial charge < -0.3 is 9.47 Å². The van der Waals surface area contributed by atoms with Crippen LogP contribution in [0, 0.1) is 23.3 Å². The van der Waals surface area contributed by atoms with E-state index in [1.165, 1.54) is 38.5 Å². The molecule has 2 rings (SSSR count). The molecule has 2 aromatic carbocycles. The molecule has 0 aliphatic heterocycles. The van der Waals surface area contributed by atoms with Gasteiger partial charge in [-0.1, -0.05) is 24.3 Å². The highest BCUT2D eigenvalue weighted by atomic mass is 19.2. The van der Waals surface area contributed by atoms with Crippen molar-refractivity contribution in [2.75, 3.05) is 27.4 Å². The lowest BCUT2D eigenvalue weighted by Crippen LogP contribution is -2.04. The molecule has 130 valence electrons. The zero-order valence-electron chi connectivity index (χ0n) is 13.5. The summed E-state index contributed by atoms with van der Waals surface area (Å²) in [4.78, 5) is 0. The molecule has 0 atom stereocenters. The first kappa shape index (κ1) is 18.4. The lowest BCUT2D eigenvalue weighted by atomic mass is 9.98. The summed E-state index contributed by atoms with van der Waals surface area (Å²) in [5.74, 6) is -4.56. The Balaban J connectivity index is 2.41. The molecule has 0 aromatic heterocycles. The molecular weight excluding hydrogens is 324 g/mol. The lowest BCUT2D eigenvalue weighted by Gasteiger charge is -2.11. The zero-order valence-corrected chi connectivity index (χ0v) is 13.5. The number of hydrogen-bond donors (Lipinski definition) is 0. The number of methoxy groups -OCH3 is 2. The Kier molecular flexibility index (Phi) is 6.34. The van der Waals surface area contributed by atoms with Crippen LogP contribution in [0.5, 0.6) is 0 Å². The molecule has 0 fully saturated rings. The van der Waals surface area contributed by atoms with Crippen molar-refractivity contribution in [2.24, 2.45) is 0 Å². The molecular formula is C18H18F4O2. The highest BCUT2D eigenvalue weighted by Crippen LogP contribution is 2.31. The number of benzene rings is 2. The maximum atomic E-state index is 14.3. The summed E-state index contributed by atoms with van der Waals surface area (Å²) < 4.78 is 66.4. The molecule has 2 aromatic rings. The third-order valence-corrected chi connectivity index (χ3v) is 3.77. The van der Waals surface area contributed by atoms with Gasteiger partial charge in [0.15, 0.2) is 23.3 Å². The van der Waals surface area contributed by atoms with E-state index < -0.39 is 23.3 Å². The molecule has 0 saturated carbocycles. The Morgan fingerprint density at radius 2 is 1.00 bits per heavy atom. The monoisotopic (exact) mass is 342 g/mol. The maximum absolute atomic E-state index is 14.3. The summed E-state index contributed by atoms with van der Waals surface area (Å²) in [6, 6.07) is 5.19. The highest BCUT2D eigenvalue weighted by Gasteiger charge is 2.20. The van der Waals surface area contributed by atoms with E-state index in [1.54, 1.807) is 0 Å². The Morgan fingerprint density at radius 1 is 0.625 bits per heavy atom. The first-order valence-corrected chi connectivity index (χ1v) is 7.43. The van der Waals surface area contributed by atoms with Gasteiger partial charge in [-0.05, 0) is 24.0 Å². The van der Waals surface area contributed by atoms with Crippen LogP contribution < -0.4 is 0 Å². The Labute approximate surface area is 138 Å². The molecule has 24 heavy (non-hydrogen) atoms. The summed E-state index contributed by atoms with van der Waals surface area (Å²) in [7, 11) is 2.90. The second kappa shape index (κ2) is 8.26. The average molecular weight is 342 g/mol. The van der Waals surface area contributed by atoms with Crippen molar-refractivity contribution in [3.05, 3.63) is 58.7 Å². The van der Waals surface area contributed by atoms with Gasteiger partial charge in [0.1, 0.15) is 0 Å². The van der Waals surface area contributed by atoms with Crippen molar-refractivity contribution >= 4 is 0 Å². The zero-order chi connectivity index (χ0) is 17.7. The second-order valence-electron chi connectivity index (χ2n) is 5.29. The molecule has 0 aliphatic carbocycles. The number of hydrogen-bond acceptors (Lipinski definition) is 2. The van der Waals surface area contributed by atoms with Crippen LogP contribution in [0.3, 0.4) is 0 Å². The van der Waals surface area contributed by atoms with E-state index >= 15 is 0 Å². The van der Waals surface area contributed by atoms with E-state index in [0.717, 1.165) is 0 Å². The molecule has 0 heterocycles. The topological polar surface area (TPSA) is 18.5 Å². The average Bonchev–Trinajstić information content (AvgIpc) is 2.58. The molecule has 0 N–H and O–H groups in total. The largest absolute Gasteiger partial charge is 0.384 e. The SMILES string of the molecule is COCCc1ccc(-c2ccc(CCOC)c(F)c2F)c(F)c1F. The number of rotatable bonds is 7. The molecule has 0 amide bonds. The molecule has 6 heteroatoms. The van der Waals surface area contributed by atoms with E-state index in [1.807, 2.05) is 0 Å². The minimum Gasteiger partial charge on any atom is -0.384 e. The van der Waals surface area contributed by atoms with Crippen molar-refractivity contribution < 1.29 is 27.0 Å². The van der Waals surface area contributed by atoms with Gasteiger partial charge in [0.05, 0.1) is 13.2 Å². The van der Waals surface area contributed by atoms with Gasteiger partial charge >= 0.3 is 0 Å². The molecule has 2 nitrogen and oxygen atoms in total. The van der Waals surface area contributed by atoms with Gasteiger partial charge in [0.25, 0.3) is 0 Å². The minimum absolute atomic E-state index is 0.121. The third kappa shape index (κ3) is 3.76. The quantitative estimate of drug-likeness (QED) is 0.699. The van der Waals surface area contributed by atoms with Crippen molar-refractivity contribution in [3.63, 3.8) is 0 Å². The normalized spacial score (nSPS) is 11.1. The van der Waals surface area contributed by atoms with Crippen LogP contribution in [0.15, 0.2) is 24.3 Å². The van der Waals surface area contributed by atoms with Gasteiger partial charge in [0.2, 0.25) is 0 Å². The first-order valence-electron chi connectivity index (χ1n) is 7.43. The Bertz CT molecular complexity index is 655. The van der Waals surface area contributed by atoms with Crippen LogP contribution in [0.1, 0.15) is 11.1 Å². The standard InChI is InChI=1S/C18H18F4O2/c1-23-9-7-11-3-5-13(17(21)15(11)19)14-6-4-12(8-10-24-2)16(20)18(14)22/h3-6H,7-10H2,1-2H3. The van der Waals surface area contributed by atoms with Crippen LogP contribution in [0.4, 0.5) is 17.6 Å². The van der Waals surface area contributed by atoms with Gasteiger partial charge in [-0.3, -0.25) is 0 Å². The summed E-state index contributed by atoms with van der Waals surface area (Å²) in [5, 5.41) is 0. The molecule has 0 saturated heterocycles.